The average molecular weight is 1300 g/mol. The minimum Gasteiger partial charge on any atom is -0.0616 e. The van der Waals surface area contributed by atoms with E-state index in [0.29, 0.717) is 0 Å². The first-order valence-corrected chi connectivity index (χ1v) is 35.7. The normalized spacial score (nSPS) is 11.5. The summed E-state index contributed by atoms with van der Waals surface area (Å²) in [4.78, 5) is 0. The van der Waals surface area contributed by atoms with Crippen molar-refractivity contribution in [2.24, 2.45) is 0 Å². The topological polar surface area (TPSA) is 0 Å². The van der Waals surface area contributed by atoms with Crippen molar-refractivity contribution in [1.29, 1.82) is 0 Å². The van der Waals surface area contributed by atoms with Crippen LogP contribution in [0.3, 0.4) is 0 Å². The molecular weight excluding hydrogens is 1210 g/mol. The largest absolute Gasteiger partial charge is 0.0616 e. The second-order valence-electron chi connectivity index (χ2n) is 28.7. The fourth-order valence-corrected chi connectivity index (χ4v) is 16.1. The summed E-state index contributed by atoms with van der Waals surface area (Å²) in [5.41, 5.74) is 14.5. The van der Waals surface area contributed by atoms with Crippen molar-refractivity contribution in [1.82, 2.24) is 0 Å². The third-order valence-corrected chi connectivity index (χ3v) is 21.0. The third-order valence-electron chi connectivity index (χ3n) is 21.0. The molecule has 101 heavy (non-hydrogen) atoms. The first-order chi connectivity index (χ1) is 49.1. The van der Waals surface area contributed by atoms with Crippen LogP contribution in [-0.2, 0) is 0 Å². The Labute approximate surface area is 592 Å². The molecule has 0 atom stereocenters. The van der Waals surface area contributed by atoms with E-state index >= 15 is 0 Å². The first-order valence-electron chi connectivity index (χ1n) is 35.7. The molecule has 0 aliphatic heterocycles. The highest BCUT2D eigenvalue weighted by atomic mass is 14.2. The SMILES string of the molecule is Cc1ccc2c(c1)c1ccc(C)cc1c1ccc(C)cc21.Cc1ccc2c3ccc(C)cc3c3cc(C)ccc3c2c1.Cc1ccc2c3ccc(C)cc3c3ccccc3c2c1.Cc1ccc2c3ccccc3c3ccc(C)cc3c2c1.Cc1ccc2c3ccccc3c3ccccc3c2c1. The molecule has 0 heteroatoms. The molecule has 0 aliphatic carbocycles. The Morgan fingerprint density at radius 2 is 0.168 bits per heavy atom. The lowest BCUT2D eigenvalue weighted by atomic mass is 9.92. The maximum Gasteiger partial charge on any atom is -0.00962 e. The predicted molar refractivity (Wildman–Crippen MR) is 447 cm³/mol. The Kier molecular flexibility index (Phi) is 16.6. The van der Waals surface area contributed by atoms with E-state index < -0.39 is 0 Å². The van der Waals surface area contributed by atoms with Crippen molar-refractivity contribution < 1.29 is 0 Å². The number of rotatable bonds is 0. The molecule has 0 unspecified atom stereocenters. The maximum atomic E-state index is 2.32. The number of hydrogen-bond donors (Lipinski definition) is 0. The van der Waals surface area contributed by atoms with Gasteiger partial charge in [0.1, 0.15) is 0 Å². The summed E-state index contributed by atoms with van der Waals surface area (Å²) >= 11 is 0. The Hall–Kier alpha value is -11.7. The summed E-state index contributed by atoms with van der Waals surface area (Å²) in [5.74, 6) is 0. The van der Waals surface area contributed by atoms with Gasteiger partial charge < -0.3 is 0 Å². The van der Waals surface area contributed by atoms with Crippen molar-refractivity contribution in [3.05, 3.63) is 358 Å². The van der Waals surface area contributed by atoms with Gasteiger partial charge in [0.05, 0.1) is 0 Å². The summed E-state index contributed by atoms with van der Waals surface area (Å²) in [5, 5.41) is 40.6. The number of benzene rings is 20. The minimum absolute atomic E-state index is 1.31. The zero-order valence-corrected chi connectivity index (χ0v) is 59.8. The van der Waals surface area contributed by atoms with E-state index in [1.165, 1.54) is 223 Å². The molecule has 0 saturated carbocycles. The monoisotopic (exact) mass is 1290 g/mol. The first kappa shape index (κ1) is 64.0. The van der Waals surface area contributed by atoms with Gasteiger partial charge in [-0.05, 0) is 238 Å². The van der Waals surface area contributed by atoms with Gasteiger partial charge in [-0.3, -0.25) is 0 Å². The Morgan fingerprint density at radius 3 is 0.287 bits per heavy atom. The Balaban J connectivity index is 0.0000000980. The molecule has 0 aromatic heterocycles. The third kappa shape index (κ3) is 11.9. The van der Waals surface area contributed by atoms with E-state index in [0.717, 1.165) is 0 Å². The average Bonchev–Trinajstić information content (AvgIpc) is 0.776. The van der Waals surface area contributed by atoms with E-state index in [2.05, 4.69) is 373 Å². The molecule has 0 heterocycles. The van der Waals surface area contributed by atoms with E-state index in [-0.39, 0.29) is 0 Å². The molecule has 0 nitrogen and oxygen atoms in total. The zero-order valence-electron chi connectivity index (χ0n) is 59.8. The summed E-state index contributed by atoms with van der Waals surface area (Å²) in [6, 6.07) is 109. The molecule has 20 rings (SSSR count). The van der Waals surface area contributed by atoms with Crippen molar-refractivity contribution >= 4 is 162 Å². The minimum atomic E-state index is 1.31. The molecule has 0 bridgehead atoms. The number of hydrogen-bond acceptors (Lipinski definition) is 0. The second kappa shape index (κ2) is 26.2. The molecule has 0 fully saturated rings. The lowest BCUT2D eigenvalue weighted by molar-refractivity contribution is 1.49. The van der Waals surface area contributed by atoms with E-state index in [9.17, 15) is 0 Å². The van der Waals surface area contributed by atoms with Crippen LogP contribution < -0.4 is 0 Å². The van der Waals surface area contributed by atoms with Crippen molar-refractivity contribution in [3.8, 4) is 0 Å². The summed E-state index contributed by atoms with van der Waals surface area (Å²) in [7, 11) is 0. The highest BCUT2D eigenvalue weighted by Gasteiger charge is 2.15. The van der Waals surface area contributed by atoms with Crippen LogP contribution in [0.5, 0.6) is 0 Å². The number of aryl methyl sites for hydroxylation is 11. The highest BCUT2D eigenvalue weighted by molar-refractivity contribution is 6.30. The van der Waals surface area contributed by atoms with E-state index in [1.807, 2.05) is 0 Å². The van der Waals surface area contributed by atoms with Gasteiger partial charge in [-0.25, -0.2) is 0 Å². The summed E-state index contributed by atoms with van der Waals surface area (Å²) in [6.07, 6.45) is 0. The lowest BCUT2D eigenvalue weighted by Gasteiger charge is -2.12. The van der Waals surface area contributed by atoms with Crippen LogP contribution in [0.1, 0.15) is 61.2 Å². The van der Waals surface area contributed by atoms with Crippen LogP contribution in [0.15, 0.2) is 297 Å². The Morgan fingerprint density at radius 1 is 0.0891 bits per heavy atom. The van der Waals surface area contributed by atoms with Gasteiger partial charge in [0.15, 0.2) is 0 Å². The smallest absolute Gasteiger partial charge is 0.00962 e. The molecular formula is C101H82. The van der Waals surface area contributed by atoms with Gasteiger partial charge in [0, 0.05) is 0 Å². The zero-order chi connectivity index (χ0) is 69.3. The van der Waals surface area contributed by atoms with Gasteiger partial charge in [-0.1, -0.05) is 358 Å². The predicted octanol–water partition coefficient (Wildman–Crippen LogP) is 29.1. The molecule has 0 saturated heterocycles. The van der Waals surface area contributed by atoms with Crippen LogP contribution in [-0.4, -0.2) is 0 Å². The van der Waals surface area contributed by atoms with Crippen LogP contribution in [0, 0.1) is 76.2 Å². The fourth-order valence-electron chi connectivity index (χ4n) is 16.1. The molecule has 0 N–H and O–H groups in total. The van der Waals surface area contributed by atoms with E-state index in [4.69, 9.17) is 0 Å². The molecule has 0 spiro atoms. The van der Waals surface area contributed by atoms with E-state index in [1.54, 1.807) is 0 Å². The Bertz CT molecular complexity index is 6370. The summed E-state index contributed by atoms with van der Waals surface area (Å²) < 4.78 is 0. The summed E-state index contributed by atoms with van der Waals surface area (Å²) in [6.45, 7) is 23.8. The van der Waals surface area contributed by atoms with Gasteiger partial charge >= 0.3 is 0 Å². The molecule has 20 aromatic carbocycles. The van der Waals surface area contributed by atoms with Crippen molar-refractivity contribution in [3.63, 3.8) is 0 Å². The maximum absolute atomic E-state index is 2.32. The standard InChI is InChI=1S/2C21H18.2C20H16.C19H14/c1-13-4-7-16-19(10-13)17-8-5-14(2)12-21(17)18-9-6-15(3)11-20(16)18;1-13-4-7-16-17-8-5-14(2)11-20(17)21-12-15(3)6-9-18(21)19(16)10-13;1-13-7-9-17-18-10-8-14(2)12-20(18)16-6-4-3-5-15(16)19(17)11-13;1-13-7-9-17-15-5-3-4-6-16(15)18-10-8-14(2)12-20(18)19(17)11-13;1-13-10-11-18-16-8-3-2-6-14(16)15-7-4-5-9-17(15)19(18)12-13/h2*4-12H,1-3H3;2*3-12H,1-2H3;2-12H,1H3. The van der Waals surface area contributed by atoms with Gasteiger partial charge in [0.25, 0.3) is 0 Å². The molecule has 0 amide bonds. The molecule has 486 valence electrons. The molecule has 0 aliphatic rings. The van der Waals surface area contributed by atoms with Crippen molar-refractivity contribution in [2.45, 2.75) is 76.2 Å². The van der Waals surface area contributed by atoms with Crippen molar-refractivity contribution in [2.75, 3.05) is 0 Å². The quantitative estimate of drug-likeness (QED) is 0.133. The molecule has 20 aromatic rings. The second-order valence-corrected chi connectivity index (χ2v) is 28.7. The van der Waals surface area contributed by atoms with Crippen LogP contribution in [0.2, 0.25) is 0 Å². The van der Waals surface area contributed by atoms with Gasteiger partial charge in [-0.15, -0.1) is 0 Å². The number of fused-ring (bicyclic) bond motifs is 30. The lowest BCUT2D eigenvalue weighted by Crippen LogP contribution is -1.86. The van der Waals surface area contributed by atoms with Crippen LogP contribution in [0.25, 0.3) is 162 Å². The van der Waals surface area contributed by atoms with Gasteiger partial charge in [-0.2, -0.15) is 0 Å². The molecule has 0 radical (unpaired) electrons. The fraction of sp³-hybridized carbons (Fsp3) is 0.109. The van der Waals surface area contributed by atoms with Crippen LogP contribution >= 0.6 is 0 Å². The van der Waals surface area contributed by atoms with Gasteiger partial charge in [0.2, 0.25) is 0 Å². The van der Waals surface area contributed by atoms with Crippen LogP contribution in [0.4, 0.5) is 0 Å². The highest BCUT2D eigenvalue weighted by Crippen LogP contribution is 2.42.